The molecule has 0 bridgehead atoms. The number of likely N-dealkylation sites (N-methyl/N-ethyl adjacent to an activating group) is 2. The molecule has 0 N–H and O–H groups in total. The summed E-state index contributed by atoms with van der Waals surface area (Å²) < 4.78 is 5.87. The number of piperazine rings is 1. The Bertz CT molecular complexity index is 1040. The first-order valence-electron chi connectivity index (χ1n) is 9.90. The second-order valence-electron chi connectivity index (χ2n) is 7.69. The predicted molar refractivity (Wildman–Crippen MR) is 119 cm³/mol. The normalized spacial score (nSPS) is 17.6. The number of halogens is 1. The highest BCUT2D eigenvalue weighted by atomic mass is 35.5. The lowest BCUT2D eigenvalue weighted by Gasteiger charge is -2.37. The maximum absolute atomic E-state index is 11.2. The topological polar surface area (TPSA) is 45.7 Å². The van der Waals surface area contributed by atoms with Gasteiger partial charge in [-0.05, 0) is 55.6 Å². The van der Waals surface area contributed by atoms with Crippen molar-refractivity contribution in [1.82, 2.24) is 14.8 Å². The minimum absolute atomic E-state index is 0.336. The zero-order valence-electron chi connectivity index (χ0n) is 17.1. The first-order valence-corrected chi connectivity index (χ1v) is 10.3. The van der Waals surface area contributed by atoms with Gasteiger partial charge in [-0.25, -0.2) is 0 Å². The molecule has 1 atom stereocenters. The molecular weight excluding hydrogens is 398 g/mol. The van der Waals surface area contributed by atoms with Crippen LogP contribution in [0.15, 0.2) is 60.9 Å². The Kier molecular flexibility index (Phi) is 6.13. The fourth-order valence-corrected chi connectivity index (χ4v) is 3.87. The van der Waals surface area contributed by atoms with E-state index in [1.165, 1.54) is 5.56 Å². The van der Waals surface area contributed by atoms with E-state index in [0.717, 1.165) is 37.0 Å². The van der Waals surface area contributed by atoms with Gasteiger partial charge in [0, 0.05) is 54.7 Å². The lowest BCUT2D eigenvalue weighted by Crippen LogP contribution is -2.44. The number of carbonyl (C=O) groups is 1. The molecule has 3 aromatic rings. The van der Waals surface area contributed by atoms with Crippen LogP contribution in [0.3, 0.4) is 0 Å². The quantitative estimate of drug-likeness (QED) is 0.547. The highest BCUT2D eigenvalue weighted by molar-refractivity contribution is 6.30. The van der Waals surface area contributed by atoms with E-state index in [-0.39, 0.29) is 0 Å². The van der Waals surface area contributed by atoms with E-state index in [1.54, 1.807) is 18.2 Å². The maximum Gasteiger partial charge on any atom is 0.153 e. The van der Waals surface area contributed by atoms with Crippen LogP contribution in [-0.4, -0.2) is 54.8 Å². The van der Waals surface area contributed by atoms with Crippen molar-refractivity contribution in [3.8, 4) is 22.6 Å². The molecule has 30 heavy (non-hydrogen) atoms. The largest absolute Gasteiger partial charge is 0.457 e. The molecule has 1 fully saturated rings. The Morgan fingerprint density at radius 1 is 1.03 bits per heavy atom. The molecule has 1 saturated heterocycles. The van der Waals surface area contributed by atoms with Crippen molar-refractivity contribution in [3.63, 3.8) is 0 Å². The summed E-state index contributed by atoms with van der Waals surface area (Å²) in [7, 11) is 4.33. The molecule has 2 heterocycles. The summed E-state index contributed by atoms with van der Waals surface area (Å²) in [5.74, 6) is 1.08. The van der Waals surface area contributed by atoms with E-state index < -0.39 is 0 Å². The number of ether oxygens (including phenoxy) is 1. The molecule has 0 saturated carbocycles. The van der Waals surface area contributed by atoms with E-state index in [0.29, 0.717) is 28.1 Å². The number of carbonyl (C=O) groups excluding carboxylic acids is 1. The minimum Gasteiger partial charge on any atom is -0.457 e. The van der Waals surface area contributed by atoms with Crippen LogP contribution in [0.1, 0.15) is 22.0 Å². The molecule has 1 aliphatic rings. The Balaban J connectivity index is 1.55. The average Bonchev–Trinajstić information content (AvgIpc) is 2.76. The van der Waals surface area contributed by atoms with Crippen molar-refractivity contribution >= 4 is 17.9 Å². The lowest BCUT2D eigenvalue weighted by molar-refractivity contribution is 0.112. The minimum atomic E-state index is 0.336. The maximum atomic E-state index is 11.2. The second-order valence-corrected chi connectivity index (χ2v) is 8.13. The van der Waals surface area contributed by atoms with Crippen LogP contribution in [0.25, 0.3) is 11.1 Å². The monoisotopic (exact) mass is 421 g/mol. The fraction of sp³-hybridized carbons (Fsp3) is 0.250. The number of rotatable bonds is 5. The SMILES string of the molecule is CN1CCN(C)C(c2cncc(-c3ccc(Oc4cc(Cl)ccc4C=O)cc3)c2)C1. The molecule has 4 rings (SSSR count). The van der Waals surface area contributed by atoms with Crippen LogP contribution in [0.4, 0.5) is 0 Å². The Morgan fingerprint density at radius 3 is 2.60 bits per heavy atom. The zero-order valence-corrected chi connectivity index (χ0v) is 17.8. The first-order chi connectivity index (χ1) is 14.5. The number of pyridine rings is 1. The number of hydrogen-bond donors (Lipinski definition) is 0. The molecule has 6 heteroatoms. The van der Waals surface area contributed by atoms with Crippen LogP contribution in [-0.2, 0) is 0 Å². The summed E-state index contributed by atoms with van der Waals surface area (Å²) in [6.07, 6.45) is 4.60. The molecule has 2 aromatic carbocycles. The summed E-state index contributed by atoms with van der Waals surface area (Å²) >= 11 is 6.03. The summed E-state index contributed by atoms with van der Waals surface area (Å²) in [6, 6.07) is 15.3. The highest BCUT2D eigenvalue weighted by Crippen LogP contribution is 2.31. The Morgan fingerprint density at radius 2 is 1.83 bits per heavy atom. The molecule has 154 valence electrons. The van der Waals surface area contributed by atoms with E-state index in [4.69, 9.17) is 16.3 Å². The smallest absolute Gasteiger partial charge is 0.153 e. The third-order valence-electron chi connectivity index (χ3n) is 5.51. The van der Waals surface area contributed by atoms with Gasteiger partial charge in [-0.15, -0.1) is 0 Å². The third-order valence-corrected chi connectivity index (χ3v) is 5.75. The van der Waals surface area contributed by atoms with Crippen LogP contribution in [0.5, 0.6) is 11.5 Å². The molecule has 0 amide bonds. The lowest BCUT2D eigenvalue weighted by atomic mass is 10.0. The van der Waals surface area contributed by atoms with Crippen LogP contribution in [0.2, 0.25) is 5.02 Å². The van der Waals surface area contributed by atoms with Gasteiger partial charge in [-0.2, -0.15) is 0 Å². The fourth-order valence-electron chi connectivity index (χ4n) is 3.70. The van der Waals surface area contributed by atoms with E-state index >= 15 is 0 Å². The van der Waals surface area contributed by atoms with Crippen molar-refractivity contribution in [2.45, 2.75) is 6.04 Å². The second kappa shape index (κ2) is 8.96. The van der Waals surface area contributed by atoms with Crippen molar-refractivity contribution in [1.29, 1.82) is 0 Å². The number of aldehydes is 1. The molecular formula is C24H24ClN3O2. The average molecular weight is 422 g/mol. The summed E-state index contributed by atoms with van der Waals surface area (Å²) in [6.45, 7) is 3.12. The molecule has 0 spiro atoms. The van der Waals surface area contributed by atoms with Gasteiger partial charge in [0.05, 0.1) is 5.56 Å². The van der Waals surface area contributed by atoms with Gasteiger partial charge in [-0.1, -0.05) is 23.7 Å². The Hall–Kier alpha value is -2.73. The van der Waals surface area contributed by atoms with Gasteiger partial charge in [0.2, 0.25) is 0 Å². The molecule has 1 unspecified atom stereocenters. The van der Waals surface area contributed by atoms with Crippen molar-refractivity contribution in [2.75, 3.05) is 33.7 Å². The van der Waals surface area contributed by atoms with Gasteiger partial charge in [-0.3, -0.25) is 14.7 Å². The van der Waals surface area contributed by atoms with Crippen LogP contribution < -0.4 is 4.74 Å². The highest BCUT2D eigenvalue weighted by Gasteiger charge is 2.24. The van der Waals surface area contributed by atoms with Gasteiger partial charge >= 0.3 is 0 Å². The molecule has 5 nitrogen and oxygen atoms in total. The first kappa shape index (κ1) is 20.5. The van der Waals surface area contributed by atoms with E-state index in [2.05, 4.69) is 34.9 Å². The molecule has 0 radical (unpaired) electrons. The van der Waals surface area contributed by atoms with Gasteiger partial charge in [0.25, 0.3) is 0 Å². The summed E-state index contributed by atoms with van der Waals surface area (Å²) in [4.78, 5) is 20.5. The van der Waals surface area contributed by atoms with Crippen LogP contribution >= 0.6 is 11.6 Å². The van der Waals surface area contributed by atoms with Gasteiger partial charge < -0.3 is 9.64 Å². The summed E-state index contributed by atoms with van der Waals surface area (Å²) in [5, 5.41) is 0.522. The van der Waals surface area contributed by atoms with Crippen molar-refractivity contribution in [3.05, 3.63) is 77.1 Å². The third kappa shape index (κ3) is 4.54. The molecule has 0 aliphatic carbocycles. The van der Waals surface area contributed by atoms with Crippen molar-refractivity contribution < 1.29 is 9.53 Å². The summed E-state index contributed by atoms with van der Waals surface area (Å²) in [5.41, 5.74) is 3.81. The van der Waals surface area contributed by atoms with Crippen molar-refractivity contribution in [2.24, 2.45) is 0 Å². The molecule has 1 aliphatic heterocycles. The predicted octanol–water partition coefficient (Wildman–Crippen LogP) is 4.93. The molecule has 1 aromatic heterocycles. The van der Waals surface area contributed by atoms with Gasteiger partial charge in [0.15, 0.2) is 6.29 Å². The standard InChI is InChI=1S/C24H24ClN3O2/c1-27-9-10-28(2)23(15-27)20-11-19(13-26-14-20)17-4-7-22(8-5-17)30-24-12-21(25)6-3-18(24)16-29/h3-8,11-14,16,23H,9-10,15H2,1-2H3. The van der Waals surface area contributed by atoms with E-state index in [9.17, 15) is 4.79 Å². The number of aromatic nitrogens is 1. The van der Waals surface area contributed by atoms with Gasteiger partial charge in [0.1, 0.15) is 11.5 Å². The number of hydrogen-bond acceptors (Lipinski definition) is 5. The van der Waals surface area contributed by atoms with E-state index in [1.807, 2.05) is 36.7 Å². The number of nitrogens with zero attached hydrogens (tertiary/aromatic N) is 3. The Labute approximate surface area is 181 Å². The zero-order chi connectivity index (χ0) is 21.1. The number of benzene rings is 2. The van der Waals surface area contributed by atoms with Crippen LogP contribution in [0, 0.1) is 0 Å².